The Labute approximate surface area is 181 Å². The maximum Gasteiger partial charge on any atom is 0.358 e. The number of carbonyl (C=O) groups is 4. The number of amides is 3. The summed E-state index contributed by atoms with van der Waals surface area (Å²) in [5, 5.41) is 4.13. The summed E-state index contributed by atoms with van der Waals surface area (Å²) in [6.45, 7) is 0.642. The zero-order valence-corrected chi connectivity index (χ0v) is 17.9. The molecule has 1 N–H and O–H groups in total. The molecule has 30 heavy (non-hydrogen) atoms. The molecule has 0 aromatic carbocycles. The van der Waals surface area contributed by atoms with Crippen LogP contribution >= 0.6 is 21.6 Å². The standard InChI is InChI=1S/C18H23N3O7S2/c22-14(6-12-29-30-15-3-1-2-7-20-15)19-8-9-26-10-11-27-13-18(25)28-21-16(23)4-5-17(21)24/h1-3,7H,4-6,8-13H2,(H,19,22). The lowest BCUT2D eigenvalue weighted by Gasteiger charge is -2.12. The molecular weight excluding hydrogens is 434 g/mol. The number of hydrogen-bond acceptors (Lipinski definition) is 10. The van der Waals surface area contributed by atoms with E-state index in [0.29, 0.717) is 30.4 Å². The molecule has 10 nitrogen and oxygen atoms in total. The number of hydrogen-bond donors (Lipinski definition) is 1. The highest BCUT2D eigenvalue weighted by atomic mass is 33.1. The Morgan fingerprint density at radius 2 is 1.87 bits per heavy atom. The van der Waals surface area contributed by atoms with Crippen LogP contribution in [0.5, 0.6) is 0 Å². The lowest BCUT2D eigenvalue weighted by molar-refractivity contribution is -0.200. The van der Waals surface area contributed by atoms with Gasteiger partial charge in [-0.25, -0.2) is 9.78 Å². The average Bonchev–Trinajstić information content (AvgIpc) is 3.06. The molecule has 2 rings (SSSR count). The molecule has 0 atom stereocenters. The molecule has 0 aliphatic carbocycles. The highest BCUT2D eigenvalue weighted by Gasteiger charge is 2.32. The van der Waals surface area contributed by atoms with Crippen molar-refractivity contribution in [3.8, 4) is 0 Å². The quantitative estimate of drug-likeness (QED) is 0.245. The summed E-state index contributed by atoms with van der Waals surface area (Å²) in [7, 11) is 3.10. The molecule has 1 aliphatic heterocycles. The second-order valence-corrected chi connectivity index (χ2v) is 8.32. The van der Waals surface area contributed by atoms with Crippen molar-refractivity contribution in [1.29, 1.82) is 0 Å². The minimum absolute atomic E-state index is 0.0420. The first-order valence-corrected chi connectivity index (χ1v) is 11.6. The number of aromatic nitrogens is 1. The van der Waals surface area contributed by atoms with Crippen molar-refractivity contribution in [3.63, 3.8) is 0 Å². The van der Waals surface area contributed by atoms with Gasteiger partial charge in [0.25, 0.3) is 11.8 Å². The highest BCUT2D eigenvalue weighted by Crippen LogP contribution is 2.29. The van der Waals surface area contributed by atoms with Gasteiger partial charge in [0.15, 0.2) is 0 Å². The van der Waals surface area contributed by atoms with Crippen LogP contribution in [0.25, 0.3) is 0 Å². The van der Waals surface area contributed by atoms with Gasteiger partial charge in [0.2, 0.25) is 5.91 Å². The number of hydroxylamine groups is 2. The molecule has 0 radical (unpaired) electrons. The van der Waals surface area contributed by atoms with Crippen LogP contribution in [-0.4, -0.2) is 72.5 Å². The van der Waals surface area contributed by atoms with E-state index >= 15 is 0 Å². The lowest BCUT2D eigenvalue weighted by Crippen LogP contribution is -2.33. The highest BCUT2D eigenvalue weighted by molar-refractivity contribution is 8.76. The largest absolute Gasteiger partial charge is 0.377 e. The molecule has 164 valence electrons. The fourth-order valence-electron chi connectivity index (χ4n) is 2.15. The third-order valence-electron chi connectivity index (χ3n) is 3.55. The minimum Gasteiger partial charge on any atom is -0.377 e. The van der Waals surface area contributed by atoms with Gasteiger partial charge in [0.1, 0.15) is 11.6 Å². The molecule has 1 fully saturated rings. The summed E-state index contributed by atoms with van der Waals surface area (Å²) >= 11 is 0. The Kier molecular flexibility index (Phi) is 11.2. The molecule has 3 amide bonds. The van der Waals surface area contributed by atoms with Gasteiger partial charge in [-0.15, -0.1) is 5.06 Å². The van der Waals surface area contributed by atoms with Gasteiger partial charge in [-0.1, -0.05) is 16.9 Å². The summed E-state index contributed by atoms with van der Waals surface area (Å²) in [6.07, 6.45) is 2.21. The van der Waals surface area contributed by atoms with Gasteiger partial charge in [0.05, 0.1) is 19.8 Å². The van der Waals surface area contributed by atoms with Crippen LogP contribution in [0.3, 0.4) is 0 Å². The summed E-state index contributed by atoms with van der Waals surface area (Å²) in [4.78, 5) is 54.7. The maximum atomic E-state index is 11.7. The van der Waals surface area contributed by atoms with E-state index in [1.165, 1.54) is 10.8 Å². The predicted molar refractivity (Wildman–Crippen MR) is 109 cm³/mol. The van der Waals surface area contributed by atoms with Crippen molar-refractivity contribution in [1.82, 2.24) is 15.4 Å². The van der Waals surface area contributed by atoms with Crippen LogP contribution in [0.2, 0.25) is 0 Å². The zero-order valence-electron chi connectivity index (χ0n) is 16.2. The molecule has 1 saturated heterocycles. The molecule has 2 heterocycles. The normalized spacial score (nSPS) is 13.5. The SMILES string of the molecule is O=C(CCSSc1ccccn1)NCCOCCOCC(=O)ON1C(=O)CCC1=O. The van der Waals surface area contributed by atoms with Crippen LogP contribution in [0, 0.1) is 0 Å². The number of rotatable bonds is 14. The average molecular weight is 458 g/mol. The smallest absolute Gasteiger partial charge is 0.358 e. The van der Waals surface area contributed by atoms with Gasteiger partial charge < -0.3 is 19.6 Å². The summed E-state index contributed by atoms with van der Waals surface area (Å²) < 4.78 is 10.3. The first kappa shape index (κ1) is 24.1. The second kappa shape index (κ2) is 14.0. The molecule has 1 aromatic rings. The Morgan fingerprint density at radius 1 is 1.10 bits per heavy atom. The summed E-state index contributed by atoms with van der Waals surface area (Å²) in [5.74, 6) is -1.29. The van der Waals surface area contributed by atoms with Crippen molar-refractivity contribution < 1.29 is 33.5 Å². The topological polar surface area (TPSA) is 124 Å². The number of nitrogens with zero attached hydrogens (tertiary/aromatic N) is 2. The molecule has 0 bridgehead atoms. The first-order valence-electron chi connectivity index (χ1n) is 9.25. The van der Waals surface area contributed by atoms with Crippen molar-refractivity contribution >= 4 is 45.3 Å². The fourth-order valence-corrected chi connectivity index (χ4v) is 4.01. The number of nitrogens with one attached hydrogen (secondary N) is 1. The van der Waals surface area contributed by atoms with Gasteiger partial charge in [-0.3, -0.25) is 14.4 Å². The Balaban J connectivity index is 1.38. The van der Waals surface area contributed by atoms with Gasteiger partial charge in [-0.05, 0) is 22.9 Å². The van der Waals surface area contributed by atoms with Crippen LogP contribution in [0.1, 0.15) is 19.3 Å². The van der Waals surface area contributed by atoms with Crippen molar-refractivity contribution in [2.45, 2.75) is 24.3 Å². The predicted octanol–water partition coefficient (Wildman–Crippen LogP) is 0.969. The fraction of sp³-hybridized carbons (Fsp3) is 0.500. The molecule has 0 saturated carbocycles. The van der Waals surface area contributed by atoms with Gasteiger partial charge >= 0.3 is 5.97 Å². The molecule has 12 heteroatoms. The van der Waals surface area contributed by atoms with E-state index in [1.807, 2.05) is 18.2 Å². The molecule has 1 aliphatic rings. The van der Waals surface area contributed by atoms with E-state index in [-0.39, 0.29) is 32.0 Å². The van der Waals surface area contributed by atoms with Crippen molar-refractivity contribution in [2.75, 3.05) is 38.7 Å². The van der Waals surface area contributed by atoms with Crippen molar-refractivity contribution in [2.24, 2.45) is 0 Å². The van der Waals surface area contributed by atoms with E-state index in [2.05, 4.69) is 15.1 Å². The monoisotopic (exact) mass is 457 g/mol. The Hall–Kier alpha value is -2.15. The minimum atomic E-state index is -0.829. The van der Waals surface area contributed by atoms with Crippen molar-refractivity contribution in [3.05, 3.63) is 24.4 Å². The van der Waals surface area contributed by atoms with E-state index in [9.17, 15) is 19.2 Å². The maximum absolute atomic E-state index is 11.7. The molecule has 0 spiro atoms. The van der Waals surface area contributed by atoms with Crippen LogP contribution in [0.15, 0.2) is 29.4 Å². The van der Waals surface area contributed by atoms with Crippen LogP contribution < -0.4 is 5.32 Å². The number of pyridine rings is 1. The summed E-state index contributed by atoms with van der Waals surface area (Å²) in [6, 6.07) is 5.68. The number of carbonyl (C=O) groups excluding carboxylic acids is 4. The van der Waals surface area contributed by atoms with Gasteiger partial charge in [0, 0.05) is 37.8 Å². The second-order valence-electron chi connectivity index (χ2n) is 5.88. The Morgan fingerprint density at radius 3 is 2.60 bits per heavy atom. The third-order valence-corrected chi connectivity index (χ3v) is 5.82. The van der Waals surface area contributed by atoms with Crippen LogP contribution in [-0.2, 0) is 33.5 Å². The van der Waals surface area contributed by atoms with E-state index in [0.717, 1.165) is 5.03 Å². The molecule has 1 aromatic heterocycles. The van der Waals surface area contributed by atoms with E-state index < -0.39 is 24.4 Å². The van der Waals surface area contributed by atoms with E-state index in [1.54, 1.807) is 17.0 Å². The van der Waals surface area contributed by atoms with E-state index in [4.69, 9.17) is 9.47 Å². The first-order chi connectivity index (χ1) is 14.6. The number of ether oxygens (including phenoxy) is 2. The van der Waals surface area contributed by atoms with Gasteiger partial charge in [-0.2, -0.15) is 0 Å². The summed E-state index contributed by atoms with van der Waals surface area (Å²) in [5.41, 5.74) is 0. The van der Waals surface area contributed by atoms with Crippen LogP contribution in [0.4, 0.5) is 0 Å². The lowest BCUT2D eigenvalue weighted by atomic mass is 10.4. The Bertz CT molecular complexity index is 705. The molecule has 0 unspecified atom stereocenters. The number of imide groups is 1. The zero-order chi connectivity index (χ0) is 21.6. The third kappa shape index (κ3) is 9.57. The molecular formula is C18H23N3O7S2.